The molecule has 1 amide bonds. The van der Waals surface area contributed by atoms with Gasteiger partial charge in [-0.3, -0.25) is 4.79 Å². The SMILES string of the molecule is COC(=O)c1ccc(-c2ccc(/C=N\NC(=O)c3ccc(I)c(OC)c3)o2)c(C)c1. The van der Waals surface area contributed by atoms with Crippen LogP contribution in [0, 0.1) is 10.5 Å². The number of furan rings is 1. The van der Waals surface area contributed by atoms with Gasteiger partial charge >= 0.3 is 5.97 Å². The Labute approximate surface area is 187 Å². The minimum absolute atomic E-state index is 0.359. The normalized spacial score (nSPS) is 10.8. The van der Waals surface area contributed by atoms with Crippen LogP contribution in [0.4, 0.5) is 0 Å². The van der Waals surface area contributed by atoms with Gasteiger partial charge in [-0.05, 0) is 77.5 Å². The van der Waals surface area contributed by atoms with Gasteiger partial charge in [0.15, 0.2) is 0 Å². The molecule has 0 aliphatic rings. The molecule has 3 aromatic rings. The van der Waals surface area contributed by atoms with E-state index >= 15 is 0 Å². The summed E-state index contributed by atoms with van der Waals surface area (Å²) < 4.78 is 16.6. The molecule has 1 N–H and O–H groups in total. The fourth-order valence-corrected chi connectivity index (χ4v) is 3.33. The lowest BCUT2D eigenvalue weighted by atomic mass is 10.0. The Kier molecular flexibility index (Phi) is 6.88. The van der Waals surface area contributed by atoms with Crippen molar-refractivity contribution < 1.29 is 23.5 Å². The highest BCUT2D eigenvalue weighted by Crippen LogP contribution is 2.26. The van der Waals surface area contributed by atoms with Crippen LogP contribution in [0.2, 0.25) is 0 Å². The predicted molar refractivity (Wildman–Crippen MR) is 121 cm³/mol. The Bertz CT molecular complexity index is 1120. The number of halogens is 1. The van der Waals surface area contributed by atoms with Crippen molar-refractivity contribution in [1.29, 1.82) is 0 Å². The zero-order chi connectivity index (χ0) is 21.7. The van der Waals surface area contributed by atoms with Gasteiger partial charge < -0.3 is 13.9 Å². The smallest absolute Gasteiger partial charge is 0.337 e. The first-order valence-corrected chi connectivity index (χ1v) is 9.97. The van der Waals surface area contributed by atoms with Gasteiger partial charge in [0, 0.05) is 11.1 Å². The van der Waals surface area contributed by atoms with Gasteiger partial charge in [0.2, 0.25) is 0 Å². The molecule has 3 rings (SSSR count). The monoisotopic (exact) mass is 518 g/mol. The van der Waals surface area contributed by atoms with Crippen molar-refractivity contribution in [3.63, 3.8) is 0 Å². The summed E-state index contributed by atoms with van der Waals surface area (Å²) in [7, 11) is 2.90. The number of ether oxygens (including phenoxy) is 2. The first-order chi connectivity index (χ1) is 14.4. The largest absolute Gasteiger partial charge is 0.496 e. The predicted octanol–water partition coefficient (Wildman–Crippen LogP) is 4.42. The van der Waals surface area contributed by atoms with E-state index in [1.165, 1.54) is 13.3 Å². The summed E-state index contributed by atoms with van der Waals surface area (Å²) in [6.07, 6.45) is 1.42. The zero-order valence-corrected chi connectivity index (χ0v) is 18.7. The number of esters is 1. The highest BCUT2D eigenvalue weighted by molar-refractivity contribution is 14.1. The molecule has 0 spiro atoms. The summed E-state index contributed by atoms with van der Waals surface area (Å²) >= 11 is 2.13. The number of hydrogen-bond donors (Lipinski definition) is 1. The third kappa shape index (κ3) is 4.88. The summed E-state index contributed by atoms with van der Waals surface area (Å²) in [5.74, 6) is 0.970. The molecule has 8 heteroatoms. The molecular weight excluding hydrogens is 499 g/mol. The van der Waals surface area contributed by atoms with E-state index in [1.807, 2.05) is 6.92 Å². The second-order valence-corrected chi connectivity index (χ2v) is 7.43. The lowest BCUT2D eigenvalue weighted by Gasteiger charge is -2.05. The van der Waals surface area contributed by atoms with Crippen molar-refractivity contribution in [1.82, 2.24) is 5.43 Å². The Morgan fingerprint density at radius 3 is 2.53 bits per heavy atom. The van der Waals surface area contributed by atoms with Crippen molar-refractivity contribution in [2.75, 3.05) is 14.2 Å². The van der Waals surface area contributed by atoms with Crippen molar-refractivity contribution in [2.24, 2.45) is 5.10 Å². The third-order valence-electron chi connectivity index (χ3n) is 4.31. The van der Waals surface area contributed by atoms with Crippen molar-refractivity contribution in [3.8, 4) is 17.1 Å². The van der Waals surface area contributed by atoms with Crippen molar-refractivity contribution >= 4 is 40.7 Å². The molecule has 7 nitrogen and oxygen atoms in total. The maximum Gasteiger partial charge on any atom is 0.337 e. The Morgan fingerprint density at radius 1 is 1.07 bits per heavy atom. The summed E-state index contributed by atoms with van der Waals surface area (Å²) in [5, 5.41) is 3.95. The number of rotatable bonds is 6. The summed E-state index contributed by atoms with van der Waals surface area (Å²) in [4.78, 5) is 23.9. The lowest BCUT2D eigenvalue weighted by molar-refractivity contribution is 0.0600. The summed E-state index contributed by atoms with van der Waals surface area (Å²) in [6.45, 7) is 1.88. The number of carbonyl (C=O) groups is 2. The standard InChI is InChI=1S/C22H19IN2O5/c1-13-10-15(22(27)29-3)4-7-17(13)19-9-6-16(30-19)12-24-25-21(26)14-5-8-18(23)20(11-14)28-2/h4-12H,1-3H3,(H,25,26)/b24-12-. The van der Waals surface area contributed by atoms with E-state index in [0.29, 0.717) is 28.4 Å². The number of benzene rings is 2. The molecule has 0 saturated carbocycles. The number of nitrogens with zero attached hydrogens (tertiary/aromatic N) is 1. The molecule has 0 radical (unpaired) electrons. The Hall–Kier alpha value is -3.14. The van der Waals surface area contributed by atoms with Crippen molar-refractivity contribution in [3.05, 3.63) is 74.6 Å². The van der Waals surface area contributed by atoms with Crippen LogP contribution in [-0.2, 0) is 4.74 Å². The molecule has 154 valence electrons. The fraction of sp³-hybridized carbons (Fsp3) is 0.136. The highest BCUT2D eigenvalue weighted by Gasteiger charge is 2.12. The van der Waals surface area contributed by atoms with Crippen LogP contribution in [0.15, 0.2) is 58.0 Å². The molecule has 1 heterocycles. The molecule has 0 aliphatic heterocycles. The molecule has 1 aromatic heterocycles. The van der Waals surface area contributed by atoms with E-state index in [4.69, 9.17) is 13.9 Å². The number of aryl methyl sites for hydroxylation is 1. The zero-order valence-electron chi connectivity index (χ0n) is 16.6. The van der Waals surface area contributed by atoms with Gasteiger partial charge in [-0.2, -0.15) is 5.10 Å². The van der Waals surface area contributed by atoms with Crippen LogP contribution < -0.4 is 10.2 Å². The van der Waals surface area contributed by atoms with Gasteiger partial charge in [-0.25, -0.2) is 10.2 Å². The summed E-state index contributed by atoms with van der Waals surface area (Å²) in [6, 6.07) is 13.9. The maximum absolute atomic E-state index is 12.2. The number of hydrogen-bond acceptors (Lipinski definition) is 6. The quantitative estimate of drug-likeness (QED) is 0.226. The van der Waals surface area contributed by atoms with Crippen molar-refractivity contribution in [2.45, 2.75) is 6.92 Å². The van der Waals surface area contributed by atoms with E-state index in [0.717, 1.165) is 14.7 Å². The minimum atomic E-state index is -0.390. The molecule has 0 bridgehead atoms. The van der Waals surface area contributed by atoms with Gasteiger partial charge in [0.1, 0.15) is 17.3 Å². The van der Waals surface area contributed by atoms with Crippen LogP contribution in [0.25, 0.3) is 11.3 Å². The molecule has 30 heavy (non-hydrogen) atoms. The molecule has 0 fully saturated rings. The lowest BCUT2D eigenvalue weighted by Crippen LogP contribution is -2.17. The topological polar surface area (TPSA) is 90.1 Å². The van der Waals surface area contributed by atoms with Gasteiger partial charge in [-0.1, -0.05) is 6.07 Å². The maximum atomic E-state index is 12.2. The van der Waals surface area contributed by atoms with E-state index in [-0.39, 0.29) is 5.91 Å². The molecule has 2 aromatic carbocycles. The molecular formula is C22H19IN2O5. The first kappa shape index (κ1) is 21.6. The second kappa shape index (κ2) is 9.57. The summed E-state index contributed by atoms with van der Waals surface area (Å²) in [5.41, 5.74) is 5.09. The van der Waals surface area contributed by atoms with Crippen LogP contribution in [0.1, 0.15) is 32.0 Å². The average molecular weight is 518 g/mol. The van der Waals surface area contributed by atoms with E-state index < -0.39 is 5.97 Å². The number of nitrogens with one attached hydrogen (secondary N) is 1. The highest BCUT2D eigenvalue weighted by atomic mass is 127. The van der Waals surface area contributed by atoms with Crippen LogP contribution in [0.5, 0.6) is 5.75 Å². The van der Waals surface area contributed by atoms with Gasteiger partial charge in [-0.15, -0.1) is 0 Å². The van der Waals surface area contributed by atoms with Gasteiger partial charge in [0.05, 0.1) is 29.6 Å². The molecule has 0 atom stereocenters. The Morgan fingerprint density at radius 2 is 1.83 bits per heavy atom. The van der Waals surface area contributed by atoms with Crippen LogP contribution in [0.3, 0.4) is 0 Å². The minimum Gasteiger partial charge on any atom is -0.496 e. The van der Waals surface area contributed by atoms with E-state index in [9.17, 15) is 9.59 Å². The number of methoxy groups -OCH3 is 2. The molecule has 0 saturated heterocycles. The first-order valence-electron chi connectivity index (χ1n) is 8.89. The number of amides is 1. The average Bonchev–Trinajstić information content (AvgIpc) is 3.21. The van der Waals surface area contributed by atoms with Gasteiger partial charge in [0.25, 0.3) is 5.91 Å². The molecule has 0 aliphatic carbocycles. The Balaban J connectivity index is 1.69. The molecule has 0 unspecified atom stereocenters. The van der Waals surface area contributed by atoms with Crippen LogP contribution >= 0.6 is 22.6 Å². The number of carbonyl (C=O) groups excluding carboxylic acids is 2. The van der Waals surface area contributed by atoms with E-state index in [2.05, 4.69) is 33.1 Å². The third-order valence-corrected chi connectivity index (χ3v) is 5.20. The fourth-order valence-electron chi connectivity index (χ4n) is 2.77. The second-order valence-electron chi connectivity index (χ2n) is 6.27. The van der Waals surface area contributed by atoms with E-state index in [1.54, 1.807) is 55.6 Å². The van der Waals surface area contributed by atoms with Crippen LogP contribution in [-0.4, -0.2) is 32.3 Å². The number of hydrazone groups is 1.